The summed E-state index contributed by atoms with van der Waals surface area (Å²) in [6.45, 7) is 8.18. The van der Waals surface area contributed by atoms with Crippen LogP contribution in [0.4, 0.5) is 11.6 Å². The van der Waals surface area contributed by atoms with Gasteiger partial charge in [0.15, 0.2) is 0 Å². The zero-order chi connectivity index (χ0) is 12.2. The van der Waals surface area contributed by atoms with E-state index in [4.69, 9.17) is 0 Å². The van der Waals surface area contributed by atoms with Gasteiger partial charge in [-0.2, -0.15) is 0 Å². The maximum absolute atomic E-state index is 4.55. The van der Waals surface area contributed by atoms with Crippen molar-refractivity contribution in [3.05, 3.63) is 12.4 Å². The molecule has 0 aliphatic carbocycles. The second kappa shape index (κ2) is 5.49. The van der Waals surface area contributed by atoms with Crippen LogP contribution in [-0.4, -0.2) is 62.3 Å². The van der Waals surface area contributed by atoms with Gasteiger partial charge >= 0.3 is 0 Å². The van der Waals surface area contributed by atoms with Crippen LogP contribution in [-0.2, 0) is 0 Å². The summed E-state index contributed by atoms with van der Waals surface area (Å²) >= 11 is 0. The lowest BCUT2D eigenvalue weighted by molar-refractivity contribution is 0.578. The van der Waals surface area contributed by atoms with E-state index in [1.807, 2.05) is 12.4 Å². The van der Waals surface area contributed by atoms with Crippen molar-refractivity contribution in [2.24, 2.45) is 0 Å². The number of nitrogens with zero attached hydrogens (tertiary/aromatic N) is 4. The molecule has 1 aromatic heterocycles. The van der Waals surface area contributed by atoms with Crippen molar-refractivity contribution in [2.75, 3.05) is 62.2 Å². The van der Waals surface area contributed by atoms with Crippen molar-refractivity contribution >= 4 is 11.6 Å². The van der Waals surface area contributed by atoms with Crippen LogP contribution < -0.4 is 20.4 Å². The molecule has 3 heterocycles. The molecule has 0 aromatic carbocycles. The third-order valence-corrected chi connectivity index (χ3v) is 3.51. The van der Waals surface area contributed by atoms with E-state index in [0.717, 1.165) is 64.0 Å². The summed E-state index contributed by atoms with van der Waals surface area (Å²) in [7, 11) is 0. The van der Waals surface area contributed by atoms with Crippen LogP contribution in [0.2, 0.25) is 0 Å². The van der Waals surface area contributed by atoms with Crippen molar-refractivity contribution in [1.82, 2.24) is 20.6 Å². The Hall–Kier alpha value is -1.40. The maximum Gasteiger partial charge on any atom is 0.147 e. The number of piperazine rings is 2. The van der Waals surface area contributed by atoms with Gasteiger partial charge in [-0.05, 0) is 0 Å². The van der Waals surface area contributed by atoms with E-state index in [-0.39, 0.29) is 0 Å². The van der Waals surface area contributed by atoms with Crippen LogP contribution >= 0.6 is 0 Å². The van der Waals surface area contributed by atoms with Gasteiger partial charge in [0, 0.05) is 52.4 Å². The lowest BCUT2D eigenvalue weighted by Gasteiger charge is -2.30. The predicted octanol–water partition coefficient (Wildman–Crippen LogP) is -0.704. The van der Waals surface area contributed by atoms with Crippen LogP contribution in [0.5, 0.6) is 0 Å². The molecular weight excluding hydrogens is 228 g/mol. The molecule has 6 nitrogen and oxygen atoms in total. The highest BCUT2D eigenvalue weighted by Gasteiger charge is 2.14. The largest absolute Gasteiger partial charge is 0.353 e. The van der Waals surface area contributed by atoms with Crippen LogP contribution in [0.15, 0.2) is 12.4 Å². The van der Waals surface area contributed by atoms with Gasteiger partial charge in [0.05, 0.1) is 12.4 Å². The highest BCUT2D eigenvalue weighted by Crippen LogP contribution is 2.14. The minimum Gasteiger partial charge on any atom is -0.353 e. The summed E-state index contributed by atoms with van der Waals surface area (Å²) in [6, 6.07) is 0. The van der Waals surface area contributed by atoms with Crippen LogP contribution in [0.3, 0.4) is 0 Å². The first-order chi connectivity index (χ1) is 8.93. The molecular formula is C12H20N6. The fourth-order valence-electron chi connectivity index (χ4n) is 2.43. The molecule has 1 aromatic rings. The van der Waals surface area contributed by atoms with Gasteiger partial charge < -0.3 is 20.4 Å². The Morgan fingerprint density at radius 1 is 0.722 bits per heavy atom. The number of hydrogen-bond acceptors (Lipinski definition) is 6. The fraction of sp³-hybridized carbons (Fsp3) is 0.667. The average molecular weight is 248 g/mol. The molecule has 0 spiro atoms. The van der Waals surface area contributed by atoms with E-state index in [2.05, 4.69) is 30.4 Å². The summed E-state index contributed by atoms with van der Waals surface area (Å²) in [6.07, 6.45) is 3.81. The first-order valence-corrected chi connectivity index (χ1v) is 6.67. The predicted molar refractivity (Wildman–Crippen MR) is 72.2 cm³/mol. The van der Waals surface area contributed by atoms with Gasteiger partial charge in [-0.3, -0.25) is 0 Å². The van der Waals surface area contributed by atoms with E-state index in [1.165, 1.54) is 0 Å². The molecule has 0 bridgehead atoms. The Morgan fingerprint density at radius 3 is 1.44 bits per heavy atom. The monoisotopic (exact) mass is 248 g/mol. The molecule has 2 saturated heterocycles. The van der Waals surface area contributed by atoms with Gasteiger partial charge in [0.25, 0.3) is 0 Å². The van der Waals surface area contributed by atoms with E-state index in [0.29, 0.717) is 0 Å². The summed E-state index contributed by atoms with van der Waals surface area (Å²) in [5.74, 6) is 1.99. The molecule has 0 radical (unpaired) electrons. The fourth-order valence-corrected chi connectivity index (χ4v) is 2.43. The molecule has 18 heavy (non-hydrogen) atoms. The number of anilines is 2. The van der Waals surface area contributed by atoms with E-state index in [1.54, 1.807) is 0 Å². The SMILES string of the molecule is c1nc(N2CCNCC2)cnc1N1CCNCC1. The number of rotatable bonds is 2. The molecule has 98 valence electrons. The summed E-state index contributed by atoms with van der Waals surface area (Å²) in [5, 5.41) is 6.69. The Bertz CT molecular complexity index is 330. The Labute approximate surface area is 107 Å². The molecule has 0 amide bonds. The number of aromatic nitrogens is 2. The summed E-state index contributed by atoms with van der Waals surface area (Å²) in [4.78, 5) is 13.7. The van der Waals surface area contributed by atoms with E-state index >= 15 is 0 Å². The van der Waals surface area contributed by atoms with Crippen molar-refractivity contribution in [2.45, 2.75) is 0 Å². The van der Waals surface area contributed by atoms with Gasteiger partial charge in [-0.25, -0.2) is 9.97 Å². The minimum absolute atomic E-state index is 0.996. The Morgan fingerprint density at radius 2 is 1.11 bits per heavy atom. The van der Waals surface area contributed by atoms with Crippen molar-refractivity contribution in [3.63, 3.8) is 0 Å². The standard InChI is InChI=1S/C12H20N6/c1-5-17(6-2-13-1)11-9-16-12(10-15-11)18-7-3-14-4-8-18/h9-10,13-14H,1-8H2. The highest BCUT2D eigenvalue weighted by atomic mass is 15.3. The van der Waals surface area contributed by atoms with Crippen molar-refractivity contribution < 1.29 is 0 Å². The molecule has 0 unspecified atom stereocenters. The molecule has 3 rings (SSSR count). The topological polar surface area (TPSA) is 56.3 Å². The Balaban J connectivity index is 1.67. The highest BCUT2D eigenvalue weighted by molar-refractivity contribution is 5.43. The zero-order valence-electron chi connectivity index (χ0n) is 10.6. The van der Waals surface area contributed by atoms with E-state index < -0.39 is 0 Å². The molecule has 0 atom stereocenters. The molecule has 6 heteroatoms. The minimum atomic E-state index is 0.996. The first-order valence-electron chi connectivity index (χ1n) is 6.67. The maximum atomic E-state index is 4.55. The molecule has 2 aliphatic rings. The molecule has 2 fully saturated rings. The smallest absolute Gasteiger partial charge is 0.147 e. The number of hydrogen-bond donors (Lipinski definition) is 2. The van der Waals surface area contributed by atoms with Gasteiger partial charge in [-0.15, -0.1) is 0 Å². The van der Waals surface area contributed by atoms with Gasteiger partial charge in [0.1, 0.15) is 11.6 Å². The van der Waals surface area contributed by atoms with Gasteiger partial charge in [0.2, 0.25) is 0 Å². The summed E-state index contributed by atoms with van der Waals surface area (Å²) in [5.41, 5.74) is 0. The van der Waals surface area contributed by atoms with Crippen LogP contribution in [0.25, 0.3) is 0 Å². The normalized spacial score (nSPS) is 21.1. The summed E-state index contributed by atoms with van der Waals surface area (Å²) < 4.78 is 0. The molecule has 2 aliphatic heterocycles. The molecule has 0 saturated carbocycles. The second-order valence-corrected chi connectivity index (χ2v) is 4.71. The Kier molecular flexibility index (Phi) is 3.56. The van der Waals surface area contributed by atoms with Crippen LogP contribution in [0.1, 0.15) is 0 Å². The second-order valence-electron chi connectivity index (χ2n) is 4.71. The zero-order valence-corrected chi connectivity index (χ0v) is 10.6. The lowest BCUT2D eigenvalue weighted by atomic mass is 10.3. The molecule has 2 N–H and O–H groups in total. The quantitative estimate of drug-likeness (QED) is 0.721. The van der Waals surface area contributed by atoms with Crippen molar-refractivity contribution in [3.8, 4) is 0 Å². The number of nitrogens with one attached hydrogen (secondary N) is 2. The average Bonchev–Trinajstić information content (AvgIpc) is 2.49. The lowest BCUT2D eigenvalue weighted by Crippen LogP contribution is -2.44. The van der Waals surface area contributed by atoms with Crippen molar-refractivity contribution in [1.29, 1.82) is 0 Å². The van der Waals surface area contributed by atoms with Gasteiger partial charge in [-0.1, -0.05) is 0 Å². The first kappa shape index (κ1) is 11.7. The van der Waals surface area contributed by atoms with E-state index in [9.17, 15) is 0 Å². The van der Waals surface area contributed by atoms with Crippen LogP contribution in [0, 0.1) is 0 Å². The third-order valence-electron chi connectivity index (χ3n) is 3.51. The third kappa shape index (κ3) is 2.54.